The van der Waals surface area contributed by atoms with Crippen molar-refractivity contribution in [2.24, 2.45) is 0 Å². The molecule has 4 rings (SSSR count). The van der Waals surface area contributed by atoms with E-state index in [-0.39, 0.29) is 10.8 Å². The Kier molecular flexibility index (Phi) is 6.08. The molecule has 0 atom stereocenters. The zero-order valence-corrected chi connectivity index (χ0v) is 19.3. The SMILES string of the molecule is CSc1cccc2sc(N(Cc3cccnc3)C(=O)c3ccc(S(C)(=O)=O)cc3)nc12. The molecular formula is C22H19N3O3S3. The van der Waals surface area contributed by atoms with E-state index < -0.39 is 9.84 Å². The van der Waals surface area contributed by atoms with E-state index in [2.05, 4.69) is 4.98 Å². The minimum absolute atomic E-state index is 0.174. The number of fused-ring (bicyclic) bond motifs is 1. The van der Waals surface area contributed by atoms with Gasteiger partial charge in [0.25, 0.3) is 5.91 Å². The second kappa shape index (κ2) is 8.78. The summed E-state index contributed by atoms with van der Waals surface area (Å²) in [5, 5.41) is 0.581. The maximum Gasteiger partial charge on any atom is 0.260 e. The quantitative estimate of drug-likeness (QED) is 0.382. The van der Waals surface area contributed by atoms with E-state index in [1.165, 1.54) is 35.6 Å². The van der Waals surface area contributed by atoms with Gasteiger partial charge in [-0.1, -0.05) is 23.5 Å². The van der Waals surface area contributed by atoms with Crippen molar-refractivity contribution in [2.75, 3.05) is 17.4 Å². The van der Waals surface area contributed by atoms with Crippen molar-refractivity contribution in [2.45, 2.75) is 16.3 Å². The van der Waals surface area contributed by atoms with Gasteiger partial charge in [0.05, 0.1) is 21.7 Å². The molecule has 9 heteroatoms. The van der Waals surface area contributed by atoms with Crippen molar-refractivity contribution in [1.29, 1.82) is 0 Å². The van der Waals surface area contributed by atoms with E-state index in [1.807, 2.05) is 36.6 Å². The molecule has 0 spiro atoms. The maximum absolute atomic E-state index is 13.5. The standard InChI is InChI=1S/C22H19N3O3S3/c1-29-18-6-3-7-19-20(18)24-22(30-19)25(14-15-5-4-12-23-13-15)21(26)16-8-10-17(11-9-16)31(2,27)28/h3-13H,14H2,1-2H3. The van der Waals surface area contributed by atoms with E-state index in [0.29, 0.717) is 17.2 Å². The molecule has 1 amide bonds. The van der Waals surface area contributed by atoms with Crippen LogP contribution in [0.25, 0.3) is 10.2 Å². The predicted octanol–water partition coefficient (Wildman–Crippen LogP) is 4.66. The number of carbonyl (C=O) groups excluding carboxylic acids is 1. The number of thioether (sulfide) groups is 1. The van der Waals surface area contributed by atoms with Crippen LogP contribution in [0, 0.1) is 0 Å². The van der Waals surface area contributed by atoms with Crippen LogP contribution in [-0.4, -0.2) is 36.8 Å². The van der Waals surface area contributed by atoms with Crippen LogP contribution in [0.15, 0.2) is 76.8 Å². The summed E-state index contributed by atoms with van der Waals surface area (Å²) >= 11 is 3.06. The van der Waals surface area contributed by atoms with Gasteiger partial charge in [-0.25, -0.2) is 13.4 Å². The van der Waals surface area contributed by atoms with Crippen molar-refractivity contribution in [3.63, 3.8) is 0 Å². The molecule has 2 heterocycles. The zero-order valence-electron chi connectivity index (χ0n) is 16.8. The lowest BCUT2D eigenvalue weighted by atomic mass is 10.2. The number of aromatic nitrogens is 2. The molecule has 0 aliphatic heterocycles. The topological polar surface area (TPSA) is 80.2 Å². The lowest BCUT2D eigenvalue weighted by molar-refractivity contribution is 0.0985. The van der Waals surface area contributed by atoms with Crippen LogP contribution in [0.1, 0.15) is 15.9 Å². The number of amides is 1. The van der Waals surface area contributed by atoms with Gasteiger partial charge in [-0.3, -0.25) is 14.7 Å². The summed E-state index contributed by atoms with van der Waals surface area (Å²) in [6, 6.07) is 15.7. The fraction of sp³-hybridized carbons (Fsp3) is 0.136. The van der Waals surface area contributed by atoms with E-state index in [4.69, 9.17) is 4.98 Å². The van der Waals surface area contributed by atoms with Crippen molar-refractivity contribution in [1.82, 2.24) is 9.97 Å². The third kappa shape index (κ3) is 4.63. The molecule has 0 fully saturated rings. The van der Waals surface area contributed by atoms with Gasteiger partial charge < -0.3 is 0 Å². The minimum atomic E-state index is -3.34. The van der Waals surface area contributed by atoms with Gasteiger partial charge in [-0.15, -0.1) is 11.8 Å². The largest absolute Gasteiger partial charge is 0.279 e. The van der Waals surface area contributed by atoms with Crippen molar-refractivity contribution in [3.8, 4) is 0 Å². The summed E-state index contributed by atoms with van der Waals surface area (Å²) < 4.78 is 24.5. The van der Waals surface area contributed by atoms with E-state index in [0.717, 1.165) is 26.9 Å². The number of anilines is 1. The molecule has 31 heavy (non-hydrogen) atoms. The Hall–Kier alpha value is -2.75. The summed E-state index contributed by atoms with van der Waals surface area (Å²) in [5.41, 5.74) is 2.12. The molecular weight excluding hydrogens is 450 g/mol. The van der Waals surface area contributed by atoms with E-state index >= 15 is 0 Å². The maximum atomic E-state index is 13.5. The summed E-state index contributed by atoms with van der Waals surface area (Å²) in [5.74, 6) is -0.256. The van der Waals surface area contributed by atoms with Crippen LogP contribution < -0.4 is 4.90 Å². The minimum Gasteiger partial charge on any atom is -0.279 e. The second-order valence-corrected chi connectivity index (χ2v) is 10.7. The second-order valence-electron chi connectivity index (χ2n) is 6.85. The van der Waals surface area contributed by atoms with Gasteiger partial charge in [-0.2, -0.15) is 0 Å². The lowest BCUT2D eigenvalue weighted by Gasteiger charge is -2.20. The monoisotopic (exact) mass is 469 g/mol. The third-order valence-corrected chi connectivity index (χ3v) is 7.60. The first-order chi connectivity index (χ1) is 14.9. The van der Waals surface area contributed by atoms with Crippen molar-refractivity contribution in [3.05, 3.63) is 78.1 Å². The van der Waals surface area contributed by atoms with Gasteiger partial charge in [0.15, 0.2) is 15.0 Å². The van der Waals surface area contributed by atoms with Crippen LogP contribution in [0.2, 0.25) is 0 Å². The van der Waals surface area contributed by atoms with E-state index in [1.54, 1.807) is 29.1 Å². The smallest absolute Gasteiger partial charge is 0.260 e. The van der Waals surface area contributed by atoms with Gasteiger partial charge in [0, 0.05) is 29.1 Å². The molecule has 0 saturated heterocycles. The van der Waals surface area contributed by atoms with Gasteiger partial charge in [-0.05, 0) is 54.3 Å². The molecule has 2 aromatic carbocycles. The zero-order chi connectivity index (χ0) is 22.0. The molecule has 0 radical (unpaired) electrons. The Balaban J connectivity index is 1.77. The number of nitrogens with zero attached hydrogens (tertiary/aromatic N) is 3. The Morgan fingerprint density at radius 2 is 1.87 bits per heavy atom. The van der Waals surface area contributed by atoms with Crippen molar-refractivity contribution < 1.29 is 13.2 Å². The van der Waals surface area contributed by atoms with Crippen LogP contribution in [0.3, 0.4) is 0 Å². The molecule has 0 saturated carbocycles. The molecule has 0 aliphatic carbocycles. The highest BCUT2D eigenvalue weighted by Gasteiger charge is 2.23. The number of carbonyl (C=O) groups is 1. The summed E-state index contributed by atoms with van der Waals surface area (Å²) in [4.78, 5) is 25.2. The normalized spacial score (nSPS) is 11.5. The highest BCUT2D eigenvalue weighted by atomic mass is 32.2. The van der Waals surface area contributed by atoms with Gasteiger partial charge >= 0.3 is 0 Å². The Labute approximate surface area is 188 Å². The molecule has 0 unspecified atom stereocenters. The van der Waals surface area contributed by atoms with Gasteiger partial charge in [0.1, 0.15) is 0 Å². The Morgan fingerprint density at radius 3 is 2.52 bits per heavy atom. The molecule has 2 aromatic heterocycles. The number of hydrogen-bond donors (Lipinski definition) is 0. The summed E-state index contributed by atoms with van der Waals surface area (Å²) in [7, 11) is -3.34. The number of benzene rings is 2. The lowest BCUT2D eigenvalue weighted by Crippen LogP contribution is -2.30. The molecule has 0 aliphatic rings. The summed E-state index contributed by atoms with van der Waals surface area (Å²) in [6.45, 7) is 0.301. The number of hydrogen-bond acceptors (Lipinski definition) is 7. The molecule has 0 bridgehead atoms. The highest BCUT2D eigenvalue weighted by Crippen LogP contribution is 2.35. The number of sulfone groups is 1. The molecule has 6 nitrogen and oxygen atoms in total. The first kappa shape index (κ1) is 21.5. The highest BCUT2D eigenvalue weighted by molar-refractivity contribution is 7.98. The average molecular weight is 470 g/mol. The number of para-hydroxylation sites is 1. The van der Waals surface area contributed by atoms with Crippen LogP contribution in [0.4, 0.5) is 5.13 Å². The average Bonchev–Trinajstić information content (AvgIpc) is 3.21. The fourth-order valence-corrected chi connectivity index (χ4v) is 5.34. The van der Waals surface area contributed by atoms with E-state index in [9.17, 15) is 13.2 Å². The number of thiazole rings is 1. The molecule has 0 N–H and O–H groups in total. The fourth-order valence-electron chi connectivity index (χ4n) is 3.09. The van der Waals surface area contributed by atoms with Crippen molar-refractivity contribution >= 4 is 54.2 Å². The Morgan fingerprint density at radius 1 is 1.10 bits per heavy atom. The summed E-state index contributed by atoms with van der Waals surface area (Å²) in [6.07, 6.45) is 6.54. The third-order valence-electron chi connectivity index (χ3n) is 4.66. The number of rotatable bonds is 6. The van der Waals surface area contributed by atoms with Gasteiger partial charge in [0.2, 0.25) is 0 Å². The molecule has 158 valence electrons. The first-order valence-corrected chi connectivity index (χ1v) is 13.2. The first-order valence-electron chi connectivity index (χ1n) is 9.31. The van der Waals surface area contributed by atoms with Crippen LogP contribution >= 0.6 is 23.1 Å². The molecule has 4 aromatic rings. The predicted molar refractivity (Wildman–Crippen MR) is 126 cm³/mol. The van der Waals surface area contributed by atoms with Crippen LogP contribution in [0.5, 0.6) is 0 Å². The number of pyridine rings is 1. The van der Waals surface area contributed by atoms with Crippen LogP contribution in [-0.2, 0) is 16.4 Å². The Bertz CT molecular complexity index is 1330.